The number of esters is 2. The van der Waals surface area contributed by atoms with E-state index < -0.39 is 66.4 Å². The third-order valence-corrected chi connectivity index (χ3v) is 17.6. The van der Waals surface area contributed by atoms with E-state index >= 15 is 9.36 Å². The summed E-state index contributed by atoms with van der Waals surface area (Å²) in [6, 6.07) is 43.8. The summed E-state index contributed by atoms with van der Waals surface area (Å²) in [4.78, 5) is 62.7. The van der Waals surface area contributed by atoms with E-state index in [0.717, 1.165) is 10.3 Å². The number of carbonyl (C=O) groups excluding carboxylic acids is 4. The van der Waals surface area contributed by atoms with Crippen molar-refractivity contribution in [3.8, 4) is 34.5 Å². The third kappa shape index (κ3) is 11.1. The number of hydrogen-bond acceptors (Lipinski definition) is 21. The van der Waals surface area contributed by atoms with Gasteiger partial charge in [0, 0.05) is 48.6 Å². The van der Waals surface area contributed by atoms with E-state index in [2.05, 4.69) is 16.2 Å². The Labute approximate surface area is 500 Å². The number of cyclic esters (lactones) is 1. The predicted molar refractivity (Wildman–Crippen MR) is 320 cm³/mol. The van der Waals surface area contributed by atoms with E-state index in [1.54, 1.807) is 153 Å². The summed E-state index contributed by atoms with van der Waals surface area (Å²) in [5.74, 6) is 2.52. The molecule has 1 fully saturated rings. The van der Waals surface area contributed by atoms with Crippen molar-refractivity contribution in [2.24, 2.45) is 23.2 Å². The fourth-order valence-electron chi connectivity index (χ4n) is 11.2. The molecule has 5 unspecified atom stereocenters. The number of thiocarbonyl (C=S) groups is 1. The minimum absolute atomic E-state index is 0.0233. The molecule has 5 atom stereocenters. The lowest BCUT2D eigenvalue weighted by Gasteiger charge is -2.54. The maximum Gasteiger partial charge on any atom is 0.451 e. The first-order chi connectivity index (χ1) is 41.4. The van der Waals surface area contributed by atoms with E-state index in [-0.39, 0.29) is 75.8 Å². The monoisotopic (exact) mass is 1200 g/mol. The number of nitrogens with one attached hydrogen (secondary N) is 3. The van der Waals surface area contributed by atoms with Crippen LogP contribution in [0, 0.1) is 5.92 Å². The summed E-state index contributed by atoms with van der Waals surface area (Å²) >= 11 is 5.73. The number of para-hydroxylation sites is 3. The van der Waals surface area contributed by atoms with Gasteiger partial charge in [0.2, 0.25) is 5.66 Å². The van der Waals surface area contributed by atoms with Gasteiger partial charge in [-0.1, -0.05) is 117 Å². The van der Waals surface area contributed by atoms with Crippen LogP contribution in [0.3, 0.4) is 0 Å². The molecule has 0 amide bonds. The first-order valence-corrected chi connectivity index (χ1v) is 29.8. The third-order valence-electron chi connectivity index (χ3n) is 15.3. The molecule has 444 valence electrons. The lowest BCUT2D eigenvalue weighted by molar-refractivity contribution is -0.255. The Morgan fingerprint density at radius 1 is 0.837 bits per heavy atom. The number of hydrazine groups is 4. The van der Waals surface area contributed by atoms with Gasteiger partial charge in [-0.3, -0.25) is 21.2 Å². The molecular formula is C62H62N9O13PS. The van der Waals surface area contributed by atoms with Crippen molar-refractivity contribution in [1.29, 1.82) is 0 Å². The molecule has 0 aromatic heterocycles. The number of phenolic OH excluding ortho intramolecular Hbond substituents is 2. The number of benzene rings is 7. The molecule has 11 N–H and O–H groups in total. The van der Waals surface area contributed by atoms with Crippen molar-refractivity contribution in [2.45, 2.75) is 81.6 Å². The highest BCUT2D eigenvalue weighted by Crippen LogP contribution is 2.60. The highest BCUT2D eigenvalue weighted by Gasteiger charge is 2.62. The summed E-state index contributed by atoms with van der Waals surface area (Å²) in [6.45, 7) is 3.68. The van der Waals surface area contributed by atoms with E-state index in [1.807, 2.05) is 6.07 Å². The summed E-state index contributed by atoms with van der Waals surface area (Å²) in [5, 5.41) is 31.3. The summed E-state index contributed by atoms with van der Waals surface area (Å²) in [7, 11) is -4.65. The Morgan fingerprint density at radius 3 is 2.20 bits per heavy atom. The lowest BCUT2D eigenvalue weighted by atomic mass is 9.77. The molecule has 0 radical (unpaired) electrons. The molecule has 22 nitrogen and oxygen atoms in total. The molecule has 4 aliphatic heterocycles. The van der Waals surface area contributed by atoms with Crippen LogP contribution in [0.5, 0.6) is 34.5 Å². The number of rotatable bonds is 18. The van der Waals surface area contributed by atoms with Gasteiger partial charge in [-0.15, -0.1) is 5.12 Å². The summed E-state index contributed by atoms with van der Waals surface area (Å²) in [6.07, 6.45) is -0.510. The van der Waals surface area contributed by atoms with Gasteiger partial charge in [-0.25, -0.2) is 19.2 Å². The zero-order valence-corrected chi connectivity index (χ0v) is 48.4. The number of carbonyl (C=O) groups is 4. The van der Waals surface area contributed by atoms with Crippen LogP contribution in [0.4, 0.5) is 11.4 Å². The van der Waals surface area contributed by atoms with Crippen LogP contribution in [0.25, 0.3) is 0 Å². The Morgan fingerprint density at radius 2 is 1.50 bits per heavy atom. The number of unbranched alkanes of at least 4 members (excludes halogenated alkanes) is 2. The second-order valence-corrected chi connectivity index (χ2v) is 23.8. The van der Waals surface area contributed by atoms with Crippen molar-refractivity contribution in [3.05, 3.63) is 203 Å². The maximum atomic E-state index is 16.0. The van der Waals surface area contributed by atoms with Gasteiger partial charge in [0.25, 0.3) is 0 Å². The maximum absolute atomic E-state index is 16.0. The predicted octanol–water partition coefficient (Wildman–Crippen LogP) is 8.51. The molecule has 86 heavy (non-hydrogen) atoms. The summed E-state index contributed by atoms with van der Waals surface area (Å²) in [5.41, 5.74) is 15.5. The Kier molecular flexibility index (Phi) is 16.6. The highest BCUT2D eigenvalue weighted by atomic mass is 32.1. The average molecular weight is 1200 g/mol. The second kappa shape index (κ2) is 24.2. The molecule has 0 bridgehead atoms. The fourth-order valence-corrected chi connectivity index (χ4v) is 13.4. The van der Waals surface area contributed by atoms with Gasteiger partial charge in [-0.2, -0.15) is 0 Å². The SMILES string of the molecule is CC(C)C1OC(=O)C(N)Cc2cccc(C(=O)CCCCCNC(=S)Nc3c(O)ccc4c3Oc3cc(O)ccc3C43OC(=O)c4ccccc43)c2N2N(N(N)C(Cc3ccccc3)P(=O)(Oc3ccccc3)Oc3ccccc3)NOC(=O)C12N. The summed E-state index contributed by atoms with van der Waals surface area (Å²) < 4.78 is 47.5. The Bertz CT molecular complexity index is 3750. The molecule has 4 aliphatic rings. The number of Topliss-reactive ketones (excluding diaryl/α,β-unsaturated/α-hetero) is 1. The first kappa shape index (κ1) is 58.9. The zero-order chi connectivity index (χ0) is 60.5. The quantitative estimate of drug-likeness (QED) is 0.00459. The fraction of sp³-hybridized carbons (Fsp3) is 0.242. The molecule has 1 saturated heterocycles. The molecule has 7 aromatic rings. The molecular weight excluding hydrogens is 1140 g/mol. The van der Waals surface area contributed by atoms with Crippen LogP contribution < -0.4 is 52.3 Å². The number of hydrogen-bond donors (Lipinski definition) is 8. The molecule has 1 spiro atoms. The van der Waals surface area contributed by atoms with Gasteiger partial charge in [0.05, 0.1) is 16.8 Å². The molecule has 0 aliphatic carbocycles. The smallest absolute Gasteiger partial charge is 0.451 e. The average Bonchev–Trinajstić information content (AvgIpc) is 1.87. The van der Waals surface area contributed by atoms with E-state index in [9.17, 15) is 24.6 Å². The van der Waals surface area contributed by atoms with Crippen molar-refractivity contribution < 1.29 is 62.1 Å². The molecule has 4 heterocycles. The molecule has 0 saturated carbocycles. The number of fused-ring (bicyclic) bond motifs is 9. The second-order valence-electron chi connectivity index (χ2n) is 21.4. The number of ether oxygens (including phenoxy) is 3. The largest absolute Gasteiger partial charge is 0.508 e. The van der Waals surface area contributed by atoms with Crippen LogP contribution in [0.1, 0.15) is 88.1 Å². The van der Waals surface area contributed by atoms with Crippen LogP contribution in [0.15, 0.2) is 164 Å². The number of nitrogens with two attached hydrogens (primary N) is 3. The number of nitrogens with zero attached hydrogens (tertiary/aromatic N) is 3. The van der Waals surface area contributed by atoms with Crippen molar-refractivity contribution >= 4 is 60.0 Å². The van der Waals surface area contributed by atoms with Crippen molar-refractivity contribution in [1.82, 2.24) is 21.3 Å². The van der Waals surface area contributed by atoms with E-state index in [1.165, 1.54) is 23.2 Å². The molecule has 11 rings (SSSR count). The van der Waals surface area contributed by atoms with Gasteiger partial charge in [-0.05, 0) is 114 Å². The van der Waals surface area contributed by atoms with Gasteiger partial charge in [0.1, 0.15) is 40.5 Å². The van der Waals surface area contributed by atoms with Gasteiger partial charge in [0.15, 0.2) is 34.1 Å². The number of ketones is 1. The number of anilines is 2. The van der Waals surface area contributed by atoms with Crippen LogP contribution in [-0.4, -0.2) is 79.5 Å². The molecule has 24 heteroatoms. The van der Waals surface area contributed by atoms with Crippen LogP contribution in [-0.2, 0) is 46.9 Å². The lowest BCUT2D eigenvalue weighted by Crippen LogP contribution is -2.83. The van der Waals surface area contributed by atoms with Crippen LogP contribution >= 0.6 is 19.8 Å². The van der Waals surface area contributed by atoms with Crippen molar-refractivity contribution in [2.75, 3.05) is 16.9 Å². The molecule has 7 aromatic carbocycles. The number of phenols is 2. The van der Waals surface area contributed by atoms with Crippen LogP contribution in [0.2, 0.25) is 0 Å². The van der Waals surface area contributed by atoms with Crippen molar-refractivity contribution in [3.63, 3.8) is 0 Å². The zero-order valence-electron chi connectivity index (χ0n) is 46.7. The minimum Gasteiger partial charge on any atom is -0.508 e. The van der Waals surface area contributed by atoms with E-state index in [0.29, 0.717) is 59.2 Å². The number of aromatic hydroxyl groups is 2. The van der Waals surface area contributed by atoms with Gasteiger partial charge < -0.3 is 54.7 Å². The minimum atomic E-state index is -4.65. The highest BCUT2D eigenvalue weighted by molar-refractivity contribution is 7.80. The topological polar surface area (TPSA) is 305 Å². The standard InChI is InChI=1S/C62H62N9O13PS/c1-37(2)56-62(64)59(77)82-68-71(70(65)52(34-38-18-7-3-8-19-38)85(78,83-41-21-9-4-10-22-41)84-42-23-11-5-12-24-42)69(62)54-39(35-48(63)58(76)80-56)20-17-26-44(54)49(73)28-13-6-16-33-66-60(86)67-53-50(74)32-31-47-55(53)79-51-36-40(72)29-30-46(51)61(47)45-27-15-14-25-43(45)57(75)81-61/h3-5,7-12,14-15,17-27,29-32,36-37,48,52,56,68,72,74H,6,13,16,28,33-35,63-65H2,1-2H3,(H2,66,67,86). The Balaban J connectivity index is 0.867. The Hall–Kier alpha value is -8.90. The van der Waals surface area contributed by atoms with Gasteiger partial charge >= 0.3 is 25.5 Å². The van der Waals surface area contributed by atoms with E-state index in [4.69, 9.17) is 57.6 Å². The first-order valence-electron chi connectivity index (χ1n) is 27.8. The normalized spacial score (nSPS) is 20.0.